The van der Waals surface area contributed by atoms with E-state index in [0.29, 0.717) is 16.9 Å². The van der Waals surface area contributed by atoms with Crippen LogP contribution in [-0.2, 0) is 9.59 Å². The van der Waals surface area contributed by atoms with Crippen LogP contribution in [0, 0.1) is 27.7 Å². The van der Waals surface area contributed by atoms with E-state index in [1.165, 1.54) is 0 Å². The van der Waals surface area contributed by atoms with Crippen LogP contribution in [0.4, 0.5) is 17.1 Å². The average Bonchev–Trinajstić information content (AvgIpc) is 3.00. The van der Waals surface area contributed by atoms with Gasteiger partial charge in [-0.1, -0.05) is 47.5 Å². The van der Waals surface area contributed by atoms with Crippen LogP contribution in [0.5, 0.6) is 0 Å². The normalized spacial score (nSPS) is 13.5. The van der Waals surface area contributed by atoms with E-state index in [0.717, 1.165) is 32.8 Å². The van der Waals surface area contributed by atoms with Gasteiger partial charge < -0.3 is 10.6 Å². The molecule has 0 fully saturated rings. The van der Waals surface area contributed by atoms with Crippen molar-refractivity contribution >= 4 is 46.4 Å². The second-order valence-corrected chi connectivity index (χ2v) is 8.78. The Hall–Kier alpha value is -3.90. The summed E-state index contributed by atoms with van der Waals surface area (Å²) < 4.78 is 0. The predicted molar refractivity (Wildman–Crippen MR) is 135 cm³/mol. The zero-order valence-electron chi connectivity index (χ0n) is 19.3. The number of nitrogens with one attached hydrogen (secondary N) is 2. The molecule has 1 aliphatic rings. The molecule has 3 aromatic rings. The van der Waals surface area contributed by atoms with Crippen LogP contribution >= 0.6 is 11.6 Å². The minimum atomic E-state index is -0.593. The number of hydrogen-bond acceptors (Lipinski definition) is 4. The molecule has 34 heavy (non-hydrogen) atoms. The molecule has 1 heterocycles. The third-order valence-electron chi connectivity index (χ3n) is 5.66. The molecular formula is C27H24ClN3O3. The second-order valence-electron chi connectivity index (χ2n) is 8.40. The van der Waals surface area contributed by atoms with Gasteiger partial charge >= 0.3 is 0 Å². The van der Waals surface area contributed by atoms with Crippen molar-refractivity contribution < 1.29 is 14.4 Å². The molecule has 0 bridgehead atoms. The number of halogens is 1. The van der Waals surface area contributed by atoms with E-state index in [4.69, 9.17) is 11.6 Å². The molecule has 172 valence electrons. The van der Waals surface area contributed by atoms with Crippen LogP contribution in [0.25, 0.3) is 0 Å². The number of hydrogen-bond donors (Lipinski definition) is 2. The highest BCUT2D eigenvalue weighted by atomic mass is 35.5. The van der Waals surface area contributed by atoms with Crippen molar-refractivity contribution in [1.82, 2.24) is 0 Å². The topological polar surface area (TPSA) is 78.5 Å². The summed E-state index contributed by atoms with van der Waals surface area (Å²) in [5.41, 5.74) is 5.84. The highest BCUT2D eigenvalue weighted by molar-refractivity contribution is 6.53. The van der Waals surface area contributed by atoms with Crippen molar-refractivity contribution in [3.63, 3.8) is 0 Å². The molecule has 3 amide bonds. The lowest BCUT2D eigenvalue weighted by Gasteiger charge is -2.18. The van der Waals surface area contributed by atoms with E-state index in [2.05, 4.69) is 10.6 Å². The molecule has 0 aromatic heterocycles. The van der Waals surface area contributed by atoms with Crippen molar-refractivity contribution in [3.05, 3.63) is 99.2 Å². The van der Waals surface area contributed by atoms with Crippen LogP contribution in [0.2, 0.25) is 0 Å². The number of benzene rings is 3. The third-order valence-corrected chi connectivity index (χ3v) is 6.01. The van der Waals surface area contributed by atoms with E-state index in [9.17, 15) is 14.4 Å². The van der Waals surface area contributed by atoms with Crippen LogP contribution in [0.1, 0.15) is 32.6 Å². The number of carbonyl (C=O) groups is 3. The molecular weight excluding hydrogens is 450 g/mol. The van der Waals surface area contributed by atoms with Gasteiger partial charge in [-0.3, -0.25) is 14.4 Å². The average molecular weight is 474 g/mol. The lowest BCUT2D eigenvalue weighted by atomic mass is 10.1. The molecule has 4 rings (SSSR count). The molecule has 1 aliphatic heterocycles. The van der Waals surface area contributed by atoms with Crippen molar-refractivity contribution in [2.24, 2.45) is 0 Å². The largest absolute Gasteiger partial charge is 0.350 e. The summed E-state index contributed by atoms with van der Waals surface area (Å²) in [6.07, 6.45) is 0. The van der Waals surface area contributed by atoms with Gasteiger partial charge in [0.05, 0.1) is 5.69 Å². The molecule has 0 aliphatic carbocycles. The van der Waals surface area contributed by atoms with Crippen LogP contribution in [0.3, 0.4) is 0 Å². The van der Waals surface area contributed by atoms with Gasteiger partial charge in [-0.15, -0.1) is 0 Å². The van der Waals surface area contributed by atoms with Gasteiger partial charge in [-0.05, 0) is 74.7 Å². The summed E-state index contributed by atoms with van der Waals surface area (Å²) in [6.45, 7) is 7.65. The third kappa shape index (κ3) is 4.45. The molecule has 0 radical (unpaired) electrons. The van der Waals surface area contributed by atoms with E-state index in [-0.39, 0.29) is 16.6 Å². The van der Waals surface area contributed by atoms with Gasteiger partial charge in [0.25, 0.3) is 17.7 Å². The second kappa shape index (κ2) is 9.15. The standard InChI is InChI=1S/C27H24ClN3O3/c1-15-9-11-22(18(4)12-15)31-26(33)23(28)24(27(31)34)29-20-7-5-6-19(14-20)25(32)30-21-13-16(2)8-10-17(21)3/h5-14,29H,1-4H3,(H,30,32). The Morgan fingerprint density at radius 2 is 1.53 bits per heavy atom. The molecule has 0 spiro atoms. The molecule has 3 aromatic carbocycles. The quantitative estimate of drug-likeness (QED) is 0.472. The fourth-order valence-electron chi connectivity index (χ4n) is 3.83. The predicted octanol–water partition coefficient (Wildman–Crippen LogP) is 5.61. The first-order chi connectivity index (χ1) is 16.2. The minimum Gasteiger partial charge on any atom is -0.350 e. The van der Waals surface area contributed by atoms with Gasteiger partial charge in [-0.2, -0.15) is 0 Å². The summed E-state index contributed by atoms with van der Waals surface area (Å²) in [5, 5.41) is 5.66. The van der Waals surface area contributed by atoms with Gasteiger partial charge in [0.15, 0.2) is 0 Å². The molecule has 6 nitrogen and oxygen atoms in total. The SMILES string of the molecule is Cc1ccc(N2C(=O)C(Cl)=C(Nc3cccc(C(=O)Nc4cc(C)ccc4C)c3)C2=O)c(C)c1. The highest BCUT2D eigenvalue weighted by Crippen LogP contribution is 2.32. The van der Waals surface area contributed by atoms with Crippen molar-refractivity contribution in [2.75, 3.05) is 15.5 Å². The smallest absolute Gasteiger partial charge is 0.283 e. The Morgan fingerprint density at radius 1 is 0.824 bits per heavy atom. The molecule has 0 saturated heterocycles. The maximum absolute atomic E-state index is 13.1. The number of rotatable bonds is 5. The van der Waals surface area contributed by atoms with Gasteiger partial charge in [0, 0.05) is 16.9 Å². The zero-order chi connectivity index (χ0) is 24.6. The summed E-state index contributed by atoms with van der Waals surface area (Å²) in [6, 6.07) is 18.0. The highest BCUT2D eigenvalue weighted by Gasteiger charge is 2.39. The maximum Gasteiger partial charge on any atom is 0.283 e. The van der Waals surface area contributed by atoms with Gasteiger partial charge in [0.1, 0.15) is 10.7 Å². The van der Waals surface area contributed by atoms with Crippen molar-refractivity contribution in [3.8, 4) is 0 Å². The van der Waals surface area contributed by atoms with Gasteiger partial charge in [-0.25, -0.2) is 4.90 Å². The minimum absolute atomic E-state index is 0.0290. The fraction of sp³-hybridized carbons (Fsp3) is 0.148. The number of carbonyl (C=O) groups excluding carboxylic acids is 3. The summed E-state index contributed by atoms with van der Waals surface area (Å²) in [7, 11) is 0. The molecule has 7 heteroatoms. The van der Waals surface area contributed by atoms with E-state index in [1.54, 1.807) is 30.3 Å². The number of imide groups is 1. The Balaban J connectivity index is 1.56. The summed E-state index contributed by atoms with van der Waals surface area (Å²) in [5.74, 6) is -1.43. The maximum atomic E-state index is 13.1. The summed E-state index contributed by atoms with van der Waals surface area (Å²) >= 11 is 6.27. The first-order valence-corrected chi connectivity index (χ1v) is 11.1. The van der Waals surface area contributed by atoms with E-state index >= 15 is 0 Å². The molecule has 2 N–H and O–H groups in total. The van der Waals surface area contributed by atoms with Crippen LogP contribution < -0.4 is 15.5 Å². The lowest BCUT2D eigenvalue weighted by molar-refractivity contribution is -0.120. The number of aryl methyl sites for hydroxylation is 4. The number of nitrogens with zero attached hydrogens (tertiary/aromatic N) is 1. The van der Waals surface area contributed by atoms with Crippen molar-refractivity contribution in [1.29, 1.82) is 0 Å². The van der Waals surface area contributed by atoms with E-state index < -0.39 is 11.8 Å². The Kier molecular flexibility index (Phi) is 6.26. The zero-order valence-corrected chi connectivity index (χ0v) is 20.1. The van der Waals surface area contributed by atoms with Crippen LogP contribution in [-0.4, -0.2) is 17.7 Å². The Bertz CT molecular complexity index is 1380. The first kappa shape index (κ1) is 23.3. The number of anilines is 3. The van der Waals surface area contributed by atoms with E-state index in [1.807, 2.05) is 58.0 Å². The first-order valence-electron chi connectivity index (χ1n) is 10.8. The monoisotopic (exact) mass is 473 g/mol. The Labute approximate surface area is 203 Å². The van der Waals surface area contributed by atoms with Crippen molar-refractivity contribution in [2.45, 2.75) is 27.7 Å². The molecule has 0 saturated carbocycles. The molecule has 0 unspecified atom stereocenters. The van der Waals surface area contributed by atoms with Gasteiger partial charge in [0.2, 0.25) is 0 Å². The number of amides is 3. The Morgan fingerprint density at radius 3 is 2.26 bits per heavy atom. The molecule has 0 atom stereocenters. The summed E-state index contributed by atoms with van der Waals surface area (Å²) in [4.78, 5) is 39.8. The fourth-order valence-corrected chi connectivity index (χ4v) is 4.05. The lowest BCUT2D eigenvalue weighted by Crippen LogP contribution is -2.32. The van der Waals surface area contributed by atoms with Crippen LogP contribution in [0.15, 0.2) is 71.4 Å².